The minimum Gasteiger partial charge on any atom is -0.507 e. The number of aromatic nitrogens is 4. The molecule has 186 valence electrons. The molecule has 0 aliphatic rings. The van der Waals surface area contributed by atoms with Crippen LogP contribution in [0, 0.1) is 6.92 Å². The Bertz CT molecular complexity index is 1580. The van der Waals surface area contributed by atoms with E-state index in [0.29, 0.717) is 47.0 Å². The van der Waals surface area contributed by atoms with Gasteiger partial charge in [-0.2, -0.15) is 0 Å². The van der Waals surface area contributed by atoms with Crippen LogP contribution in [0.5, 0.6) is 11.6 Å². The molecule has 9 heteroatoms. The average molecular weight is 495 g/mol. The Hall–Kier alpha value is -4.92. The van der Waals surface area contributed by atoms with Gasteiger partial charge < -0.3 is 25.5 Å². The summed E-state index contributed by atoms with van der Waals surface area (Å²) in [7, 11) is 1.57. The second-order valence-electron chi connectivity index (χ2n) is 8.48. The maximum Gasteiger partial charge on any atom is 0.251 e. The quantitative estimate of drug-likeness (QED) is 0.233. The highest BCUT2D eigenvalue weighted by atomic mass is 16.5. The smallest absolute Gasteiger partial charge is 0.251 e. The number of methoxy groups -OCH3 is 1. The number of aromatic amines is 1. The standard InChI is InChI=1S/C28H26N6O3/c1-17-16-29-11-9-22(17)30-12-13-31-27(36)19-5-7-23-24(15-19)34-26(33-23)21-14-18(6-8-25(21)35)20-4-3-10-32-28(20)37-2/h3-11,14-16,35H,12-13H2,1-2H3,(H,29,30)(H,31,36)(H,33,34). The highest BCUT2D eigenvalue weighted by Gasteiger charge is 2.15. The molecule has 0 atom stereocenters. The number of aromatic hydroxyl groups is 1. The first-order chi connectivity index (χ1) is 18.0. The number of phenolic OH excluding ortho intramolecular Hbond substituents is 1. The third kappa shape index (κ3) is 5.06. The molecule has 0 aliphatic carbocycles. The molecule has 2 aromatic carbocycles. The van der Waals surface area contributed by atoms with Gasteiger partial charge >= 0.3 is 0 Å². The van der Waals surface area contributed by atoms with Crippen LogP contribution in [0.2, 0.25) is 0 Å². The molecule has 0 unspecified atom stereocenters. The molecule has 0 saturated heterocycles. The van der Waals surface area contributed by atoms with Crippen LogP contribution in [0.1, 0.15) is 15.9 Å². The minimum absolute atomic E-state index is 0.0839. The molecular formula is C28H26N6O3. The normalized spacial score (nSPS) is 10.9. The number of imidazole rings is 1. The van der Waals surface area contributed by atoms with E-state index >= 15 is 0 Å². The zero-order valence-electron chi connectivity index (χ0n) is 20.4. The van der Waals surface area contributed by atoms with Gasteiger partial charge in [0.25, 0.3) is 5.91 Å². The number of anilines is 1. The van der Waals surface area contributed by atoms with Crippen LogP contribution in [0.25, 0.3) is 33.5 Å². The first-order valence-corrected chi connectivity index (χ1v) is 11.8. The van der Waals surface area contributed by atoms with E-state index in [0.717, 1.165) is 22.4 Å². The van der Waals surface area contributed by atoms with Crippen LogP contribution in [0.15, 0.2) is 73.2 Å². The monoisotopic (exact) mass is 494 g/mol. The van der Waals surface area contributed by atoms with Crippen LogP contribution in [-0.2, 0) is 0 Å². The molecule has 0 aliphatic heterocycles. The van der Waals surface area contributed by atoms with Crippen molar-refractivity contribution in [1.82, 2.24) is 25.3 Å². The SMILES string of the molecule is COc1ncccc1-c1ccc(O)c(-c2nc3ccc(C(=O)NCCNc4ccncc4C)cc3[nH]2)c1. The minimum atomic E-state index is -0.181. The van der Waals surface area contributed by atoms with Crippen LogP contribution < -0.4 is 15.4 Å². The zero-order valence-corrected chi connectivity index (χ0v) is 20.4. The van der Waals surface area contributed by atoms with E-state index in [1.807, 2.05) is 31.2 Å². The fourth-order valence-corrected chi connectivity index (χ4v) is 4.09. The topological polar surface area (TPSA) is 125 Å². The second kappa shape index (κ2) is 10.4. The van der Waals surface area contributed by atoms with E-state index in [1.165, 1.54) is 0 Å². The average Bonchev–Trinajstić information content (AvgIpc) is 3.35. The molecule has 0 bridgehead atoms. The van der Waals surface area contributed by atoms with Crippen molar-refractivity contribution in [2.75, 3.05) is 25.5 Å². The van der Waals surface area contributed by atoms with Gasteiger partial charge in [0, 0.05) is 48.5 Å². The molecule has 0 fully saturated rings. The Kier molecular flexibility index (Phi) is 6.67. The fourth-order valence-electron chi connectivity index (χ4n) is 4.09. The lowest BCUT2D eigenvalue weighted by Gasteiger charge is -2.10. The lowest BCUT2D eigenvalue weighted by atomic mass is 10.0. The lowest BCUT2D eigenvalue weighted by molar-refractivity contribution is 0.0955. The van der Waals surface area contributed by atoms with Crippen molar-refractivity contribution >= 4 is 22.6 Å². The number of amides is 1. The summed E-state index contributed by atoms with van der Waals surface area (Å²) in [5.41, 5.74) is 6.09. The number of nitrogens with zero attached hydrogens (tertiary/aromatic N) is 3. The number of H-pyrrole nitrogens is 1. The molecule has 0 saturated carbocycles. The van der Waals surface area contributed by atoms with E-state index in [9.17, 15) is 9.90 Å². The van der Waals surface area contributed by atoms with E-state index in [2.05, 4.69) is 30.6 Å². The third-order valence-electron chi connectivity index (χ3n) is 6.02. The Morgan fingerprint density at radius 3 is 2.78 bits per heavy atom. The Balaban J connectivity index is 1.33. The second-order valence-corrected chi connectivity index (χ2v) is 8.48. The molecule has 5 aromatic rings. The van der Waals surface area contributed by atoms with Crippen molar-refractivity contribution in [2.24, 2.45) is 0 Å². The van der Waals surface area contributed by atoms with E-state index in [1.54, 1.807) is 56.0 Å². The Morgan fingerprint density at radius 2 is 1.95 bits per heavy atom. The summed E-state index contributed by atoms with van der Waals surface area (Å²) >= 11 is 0. The number of phenols is 1. The maximum atomic E-state index is 12.7. The number of hydrogen-bond donors (Lipinski definition) is 4. The number of pyridine rings is 2. The number of aryl methyl sites for hydroxylation is 1. The lowest BCUT2D eigenvalue weighted by Crippen LogP contribution is -2.28. The number of nitrogens with one attached hydrogen (secondary N) is 3. The number of benzene rings is 2. The zero-order chi connectivity index (χ0) is 25.8. The molecular weight excluding hydrogens is 468 g/mol. The van der Waals surface area contributed by atoms with Gasteiger partial charge in [0.1, 0.15) is 11.6 Å². The molecule has 0 radical (unpaired) electrons. The van der Waals surface area contributed by atoms with Crippen LogP contribution in [-0.4, -0.2) is 51.1 Å². The summed E-state index contributed by atoms with van der Waals surface area (Å²) in [6.45, 7) is 3.03. The Morgan fingerprint density at radius 1 is 1.05 bits per heavy atom. The molecule has 1 amide bonds. The summed E-state index contributed by atoms with van der Waals surface area (Å²) in [5.74, 6) is 0.887. The van der Waals surface area contributed by atoms with Gasteiger partial charge in [0.05, 0.1) is 23.7 Å². The van der Waals surface area contributed by atoms with Crippen LogP contribution in [0.3, 0.4) is 0 Å². The van der Waals surface area contributed by atoms with Crippen molar-refractivity contribution in [1.29, 1.82) is 0 Å². The number of carbonyl (C=O) groups is 1. The predicted octanol–water partition coefficient (Wildman–Crippen LogP) is 4.55. The van der Waals surface area contributed by atoms with Crippen molar-refractivity contribution in [3.05, 3.63) is 84.3 Å². The van der Waals surface area contributed by atoms with Crippen LogP contribution >= 0.6 is 0 Å². The van der Waals surface area contributed by atoms with Gasteiger partial charge in [-0.1, -0.05) is 6.07 Å². The number of hydrogen-bond acceptors (Lipinski definition) is 7. The van der Waals surface area contributed by atoms with Crippen molar-refractivity contribution < 1.29 is 14.6 Å². The summed E-state index contributed by atoms with van der Waals surface area (Å²) < 4.78 is 5.38. The Labute approximate surface area is 213 Å². The number of fused-ring (bicyclic) bond motifs is 1. The summed E-state index contributed by atoms with van der Waals surface area (Å²) in [6, 6.07) is 16.2. The third-order valence-corrected chi connectivity index (χ3v) is 6.02. The fraction of sp³-hybridized carbons (Fsp3) is 0.143. The van der Waals surface area contributed by atoms with Gasteiger partial charge in [0.2, 0.25) is 5.88 Å². The molecule has 3 heterocycles. The predicted molar refractivity (Wildman–Crippen MR) is 143 cm³/mol. The highest BCUT2D eigenvalue weighted by molar-refractivity contribution is 5.97. The largest absolute Gasteiger partial charge is 0.507 e. The van der Waals surface area contributed by atoms with Gasteiger partial charge in [-0.05, 0) is 66.6 Å². The molecule has 0 spiro atoms. The summed E-state index contributed by atoms with van der Waals surface area (Å²) in [6.07, 6.45) is 5.18. The van der Waals surface area contributed by atoms with Gasteiger partial charge in [-0.3, -0.25) is 9.78 Å². The first-order valence-electron chi connectivity index (χ1n) is 11.8. The van der Waals surface area contributed by atoms with Crippen molar-refractivity contribution in [3.63, 3.8) is 0 Å². The van der Waals surface area contributed by atoms with Crippen LogP contribution in [0.4, 0.5) is 5.69 Å². The number of ether oxygens (including phenoxy) is 1. The van der Waals surface area contributed by atoms with Crippen molar-refractivity contribution in [2.45, 2.75) is 6.92 Å². The molecule has 9 nitrogen and oxygen atoms in total. The van der Waals surface area contributed by atoms with E-state index in [-0.39, 0.29) is 11.7 Å². The maximum absolute atomic E-state index is 12.7. The molecule has 4 N–H and O–H groups in total. The highest BCUT2D eigenvalue weighted by Crippen LogP contribution is 2.35. The molecule has 5 rings (SSSR count). The van der Waals surface area contributed by atoms with Crippen molar-refractivity contribution in [3.8, 4) is 34.1 Å². The molecule has 3 aromatic heterocycles. The van der Waals surface area contributed by atoms with Gasteiger partial charge in [-0.25, -0.2) is 9.97 Å². The molecule has 37 heavy (non-hydrogen) atoms. The van der Waals surface area contributed by atoms with E-state index < -0.39 is 0 Å². The summed E-state index contributed by atoms with van der Waals surface area (Å²) in [5, 5.41) is 16.8. The summed E-state index contributed by atoms with van der Waals surface area (Å²) in [4.78, 5) is 28.9. The van der Waals surface area contributed by atoms with E-state index in [4.69, 9.17) is 4.74 Å². The van der Waals surface area contributed by atoms with Gasteiger partial charge in [-0.15, -0.1) is 0 Å². The number of rotatable bonds is 8. The number of carbonyl (C=O) groups excluding carboxylic acids is 1. The van der Waals surface area contributed by atoms with Gasteiger partial charge in [0.15, 0.2) is 0 Å². The first kappa shape index (κ1) is 23.8.